The summed E-state index contributed by atoms with van der Waals surface area (Å²) >= 11 is 3.04. The first-order valence-corrected chi connectivity index (χ1v) is 8.87. The van der Waals surface area contributed by atoms with E-state index in [2.05, 4.69) is 10.3 Å². The lowest BCUT2D eigenvalue weighted by molar-refractivity contribution is -0.118. The molecular formula is C17H16N2O2S2. The third-order valence-electron chi connectivity index (χ3n) is 3.23. The van der Waals surface area contributed by atoms with E-state index in [0.29, 0.717) is 5.13 Å². The van der Waals surface area contributed by atoms with Crippen LogP contribution in [0.3, 0.4) is 0 Å². The molecule has 4 nitrogen and oxygen atoms in total. The molecule has 6 heteroatoms. The van der Waals surface area contributed by atoms with Crippen LogP contribution < -0.4 is 10.1 Å². The second kappa shape index (κ2) is 6.93. The average molecular weight is 344 g/mol. The monoisotopic (exact) mass is 344 g/mol. The Morgan fingerprint density at radius 2 is 2.13 bits per heavy atom. The van der Waals surface area contributed by atoms with E-state index in [-0.39, 0.29) is 12.5 Å². The van der Waals surface area contributed by atoms with E-state index >= 15 is 0 Å². The van der Waals surface area contributed by atoms with Gasteiger partial charge in [0.15, 0.2) is 11.7 Å². The molecule has 0 spiro atoms. The summed E-state index contributed by atoms with van der Waals surface area (Å²) in [4.78, 5) is 17.5. The SMILES string of the molecule is Cc1ccc(C)c(OCC(=O)Nc2nc(-c3cccs3)cs2)c1. The maximum absolute atomic E-state index is 12.0. The first-order valence-electron chi connectivity index (χ1n) is 7.11. The van der Waals surface area contributed by atoms with Crippen LogP contribution in [0.15, 0.2) is 41.1 Å². The van der Waals surface area contributed by atoms with Crippen molar-refractivity contribution in [2.24, 2.45) is 0 Å². The predicted octanol–water partition coefficient (Wildman–Crippen LogP) is 4.51. The molecule has 0 bridgehead atoms. The second-order valence-corrected chi connectivity index (χ2v) is 6.93. The number of anilines is 1. The molecule has 0 fully saturated rings. The minimum absolute atomic E-state index is 0.0296. The van der Waals surface area contributed by atoms with Crippen LogP contribution in [0.2, 0.25) is 0 Å². The number of nitrogens with zero attached hydrogens (tertiary/aromatic N) is 1. The lowest BCUT2D eigenvalue weighted by atomic mass is 10.1. The number of hydrogen-bond acceptors (Lipinski definition) is 5. The number of nitrogens with one attached hydrogen (secondary N) is 1. The molecule has 23 heavy (non-hydrogen) atoms. The number of thiazole rings is 1. The van der Waals surface area contributed by atoms with Crippen LogP contribution >= 0.6 is 22.7 Å². The summed E-state index contributed by atoms with van der Waals surface area (Å²) < 4.78 is 5.60. The van der Waals surface area contributed by atoms with Crippen molar-refractivity contribution in [2.45, 2.75) is 13.8 Å². The molecule has 1 aromatic carbocycles. The smallest absolute Gasteiger partial charge is 0.264 e. The number of hydrogen-bond donors (Lipinski definition) is 1. The van der Waals surface area contributed by atoms with Crippen molar-refractivity contribution in [3.63, 3.8) is 0 Å². The number of carbonyl (C=O) groups excluding carboxylic acids is 1. The maximum atomic E-state index is 12.0. The zero-order valence-electron chi connectivity index (χ0n) is 12.8. The normalized spacial score (nSPS) is 10.5. The number of aryl methyl sites for hydroxylation is 2. The quantitative estimate of drug-likeness (QED) is 0.741. The van der Waals surface area contributed by atoms with Crippen LogP contribution in [0.5, 0.6) is 5.75 Å². The number of thiophene rings is 1. The van der Waals surface area contributed by atoms with Gasteiger partial charge in [0.05, 0.1) is 10.6 Å². The first kappa shape index (κ1) is 15.7. The van der Waals surface area contributed by atoms with Crippen molar-refractivity contribution >= 4 is 33.7 Å². The van der Waals surface area contributed by atoms with E-state index in [1.165, 1.54) is 11.3 Å². The Morgan fingerprint density at radius 3 is 2.91 bits per heavy atom. The van der Waals surface area contributed by atoms with Gasteiger partial charge < -0.3 is 4.74 Å². The minimum atomic E-state index is -0.210. The highest BCUT2D eigenvalue weighted by molar-refractivity contribution is 7.16. The van der Waals surface area contributed by atoms with Crippen molar-refractivity contribution in [1.82, 2.24) is 4.98 Å². The molecule has 0 aliphatic heterocycles. The standard InChI is InChI=1S/C17H16N2O2S2/c1-11-5-6-12(2)14(8-11)21-9-16(20)19-17-18-13(10-23-17)15-4-3-7-22-15/h3-8,10H,9H2,1-2H3,(H,18,19,20). The molecule has 1 amide bonds. The average Bonchev–Trinajstić information content (AvgIpc) is 3.19. The van der Waals surface area contributed by atoms with E-state index in [0.717, 1.165) is 27.4 Å². The summed E-state index contributed by atoms with van der Waals surface area (Å²) in [5, 5.41) is 7.31. The Labute approximate surface area is 142 Å². The van der Waals surface area contributed by atoms with Gasteiger partial charge in [0.25, 0.3) is 5.91 Å². The Morgan fingerprint density at radius 1 is 1.26 bits per heavy atom. The van der Waals surface area contributed by atoms with Crippen LogP contribution in [-0.4, -0.2) is 17.5 Å². The molecule has 0 saturated carbocycles. The topological polar surface area (TPSA) is 51.2 Å². The van der Waals surface area contributed by atoms with E-state index in [9.17, 15) is 4.79 Å². The maximum Gasteiger partial charge on any atom is 0.264 e. The van der Waals surface area contributed by atoms with Gasteiger partial charge in [-0.25, -0.2) is 4.98 Å². The molecule has 0 saturated heterocycles. The number of rotatable bonds is 5. The van der Waals surface area contributed by atoms with Crippen molar-refractivity contribution in [3.05, 3.63) is 52.2 Å². The Balaban J connectivity index is 1.58. The van der Waals surface area contributed by atoms with Crippen molar-refractivity contribution in [1.29, 1.82) is 0 Å². The largest absolute Gasteiger partial charge is 0.483 e. The molecule has 118 valence electrons. The van der Waals surface area contributed by atoms with Gasteiger partial charge in [-0.1, -0.05) is 18.2 Å². The Kier molecular flexibility index (Phi) is 4.73. The summed E-state index contributed by atoms with van der Waals surface area (Å²) in [6.45, 7) is 3.92. The number of carbonyl (C=O) groups is 1. The van der Waals surface area contributed by atoms with Gasteiger partial charge in [-0.3, -0.25) is 10.1 Å². The summed E-state index contributed by atoms with van der Waals surface area (Å²) in [6.07, 6.45) is 0. The summed E-state index contributed by atoms with van der Waals surface area (Å²) in [5.41, 5.74) is 3.00. The van der Waals surface area contributed by atoms with E-state index in [1.807, 2.05) is 54.9 Å². The number of aromatic nitrogens is 1. The molecule has 0 aliphatic rings. The zero-order valence-corrected chi connectivity index (χ0v) is 14.5. The molecule has 3 rings (SSSR count). The zero-order chi connectivity index (χ0) is 16.2. The fraction of sp³-hybridized carbons (Fsp3) is 0.176. The summed E-state index contributed by atoms with van der Waals surface area (Å²) in [6, 6.07) is 9.92. The van der Waals surface area contributed by atoms with E-state index in [1.54, 1.807) is 11.3 Å². The number of ether oxygens (including phenoxy) is 1. The molecule has 2 heterocycles. The van der Waals surface area contributed by atoms with Crippen LogP contribution in [0, 0.1) is 13.8 Å². The van der Waals surface area contributed by atoms with Gasteiger partial charge in [-0.05, 0) is 42.5 Å². The van der Waals surface area contributed by atoms with Gasteiger partial charge in [-0.15, -0.1) is 22.7 Å². The highest BCUT2D eigenvalue weighted by Gasteiger charge is 2.10. The third kappa shape index (κ3) is 3.97. The Bertz CT molecular complexity index is 810. The van der Waals surface area contributed by atoms with Gasteiger partial charge in [0, 0.05) is 5.38 Å². The predicted molar refractivity (Wildman–Crippen MR) is 95.5 cm³/mol. The van der Waals surface area contributed by atoms with Gasteiger partial charge >= 0.3 is 0 Å². The van der Waals surface area contributed by atoms with Crippen LogP contribution in [0.25, 0.3) is 10.6 Å². The molecular weight excluding hydrogens is 328 g/mol. The molecule has 0 aliphatic carbocycles. The minimum Gasteiger partial charge on any atom is -0.483 e. The van der Waals surface area contributed by atoms with Crippen LogP contribution in [0.1, 0.15) is 11.1 Å². The van der Waals surface area contributed by atoms with Gasteiger partial charge in [-0.2, -0.15) is 0 Å². The van der Waals surface area contributed by atoms with Gasteiger partial charge in [0.2, 0.25) is 0 Å². The Hall–Kier alpha value is -2.18. The van der Waals surface area contributed by atoms with Crippen molar-refractivity contribution < 1.29 is 9.53 Å². The molecule has 0 unspecified atom stereocenters. The van der Waals surface area contributed by atoms with E-state index < -0.39 is 0 Å². The highest BCUT2D eigenvalue weighted by Crippen LogP contribution is 2.28. The highest BCUT2D eigenvalue weighted by atomic mass is 32.1. The fourth-order valence-corrected chi connectivity index (χ4v) is 3.52. The lowest BCUT2D eigenvalue weighted by Crippen LogP contribution is -2.20. The van der Waals surface area contributed by atoms with Gasteiger partial charge in [0.1, 0.15) is 5.75 Å². The molecule has 0 radical (unpaired) electrons. The van der Waals surface area contributed by atoms with Crippen molar-refractivity contribution in [2.75, 3.05) is 11.9 Å². The number of benzene rings is 1. The molecule has 2 aromatic heterocycles. The first-order chi connectivity index (χ1) is 11.1. The lowest BCUT2D eigenvalue weighted by Gasteiger charge is -2.09. The fourth-order valence-electron chi connectivity index (χ4n) is 2.03. The van der Waals surface area contributed by atoms with Crippen LogP contribution in [-0.2, 0) is 4.79 Å². The molecule has 3 aromatic rings. The van der Waals surface area contributed by atoms with Crippen LogP contribution in [0.4, 0.5) is 5.13 Å². The van der Waals surface area contributed by atoms with E-state index in [4.69, 9.17) is 4.74 Å². The number of amides is 1. The summed E-state index contributed by atoms with van der Waals surface area (Å²) in [5.74, 6) is 0.525. The summed E-state index contributed by atoms with van der Waals surface area (Å²) in [7, 11) is 0. The molecule has 0 atom stereocenters. The van der Waals surface area contributed by atoms with Crippen molar-refractivity contribution in [3.8, 4) is 16.3 Å². The molecule has 1 N–H and O–H groups in total. The second-order valence-electron chi connectivity index (χ2n) is 5.12. The third-order valence-corrected chi connectivity index (χ3v) is 4.88.